The van der Waals surface area contributed by atoms with E-state index in [-0.39, 0.29) is 23.1 Å². The second-order valence-corrected chi connectivity index (χ2v) is 9.24. The largest absolute Gasteiger partial charge is 0.487 e. The minimum Gasteiger partial charge on any atom is -0.487 e. The third kappa shape index (κ3) is 4.77. The fraction of sp³-hybridized carbons (Fsp3) is 0.296. The van der Waals surface area contributed by atoms with Crippen LogP contribution in [0.5, 0.6) is 5.75 Å². The second-order valence-electron chi connectivity index (χ2n) is 9.24. The van der Waals surface area contributed by atoms with Crippen LogP contribution in [0.25, 0.3) is 0 Å². The van der Waals surface area contributed by atoms with Crippen molar-refractivity contribution in [3.63, 3.8) is 0 Å². The Bertz CT molecular complexity index is 1090. The second kappa shape index (κ2) is 9.03. The topological polar surface area (TPSA) is 50.4 Å². The van der Waals surface area contributed by atoms with Crippen molar-refractivity contribution in [2.45, 2.75) is 33.2 Å². The SMILES string of the molecule is CC(C)(C)C1COc2c(NCCc3ccccc3)ccc(C(=O)c3ccc(F)cc3)c2N1. The molecule has 0 aromatic heterocycles. The number of benzene rings is 3. The van der Waals surface area contributed by atoms with Gasteiger partial charge in [-0.3, -0.25) is 4.79 Å². The molecule has 0 aliphatic carbocycles. The minimum absolute atomic E-state index is 0.0503. The van der Waals surface area contributed by atoms with Gasteiger partial charge in [0.1, 0.15) is 12.4 Å². The summed E-state index contributed by atoms with van der Waals surface area (Å²) >= 11 is 0. The van der Waals surface area contributed by atoms with Gasteiger partial charge >= 0.3 is 0 Å². The van der Waals surface area contributed by atoms with Crippen LogP contribution in [0.4, 0.5) is 15.8 Å². The first-order valence-corrected chi connectivity index (χ1v) is 11.0. The molecule has 0 fully saturated rings. The predicted octanol–water partition coefficient (Wildman–Crippen LogP) is 5.93. The van der Waals surface area contributed by atoms with Gasteiger partial charge in [-0.05, 0) is 53.8 Å². The van der Waals surface area contributed by atoms with Crippen LogP contribution in [0.1, 0.15) is 42.3 Å². The van der Waals surface area contributed by atoms with Gasteiger partial charge < -0.3 is 15.4 Å². The van der Waals surface area contributed by atoms with Gasteiger partial charge in [-0.25, -0.2) is 4.39 Å². The molecular weight excluding hydrogens is 403 g/mol. The van der Waals surface area contributed by atoms with E-state index in [0.717, 1.165) is 18.7 Å². The van der Waals surface area contributed by atoms with Crippen molar-refractivity contribution in [1.29, 1.82) is 0 Å². The van der Waals surface area contributed by atoms with Crippen molar-refractivity contribution < 1.29 is 13.9 Å². The summed E-state index contributed by atoms with van der Waals surface area (Å²) in [5, 5.41) is 7.02. The van der Waals surface area contributed by atoms with Gasteiger partial charge in [0.15, 0.2) is 11.5 Å². The number of nitrogens with one attached hydrogen (secondary N) is 2. The molecule has 166 valence electrons. The van der Waals surface area contributed by atoms with Gasteiger partial charge in [0.05, 0.1) is 17.4 Å². The Kier molecular flexibility index (Phi) is 6.17. The zero-order valence-corrected chi connectivity index (χ0v) is 18.7. The molecule has 0 radical (unpaired) electrons. The normalized spacial score (nSPS) is 15.3. The van der Waals surface area contributed by atoms with Crippen LogP contribution in [-0.2, 0) is 6.42 Å². The molecule has 4 rings (SSSR count). The average Bonchev–Trinajstić information content (AvgIpc) is 2.79. The van der Waals surface area contributed by atoms with Crippen LogP contribution in [0.15, 0.2) is 66.7 Å². The fourth-order valence-electron chi connectivity index (χ4n) is 3.80. The molecule has 0 saturated heterocycles. The molecule has 1 heterocycles. The number of anilines is 2. The maximum atomic E-state index is 13.4. The predicted molar refractivity (Wildman–Crippen MR) is 127 cm³/mol. The maximum absolute atomic E-state index is 13.4. The van der Waals surface area contributed by atoms with Gasteiger partial charge in [0.25, 0.3) is 0 Å². The Morgan fingerprint density at radius 2 is 1.78 bits per heavy atom. The van der Waals surface area contributed by atoms with Gasteiger partial charge in [-0.15, -0.1) is 0 Å². The van der Waals surface area contributed by atoms with E-state index in [2.05, 4.69) is 43.5 Å². The quantitative estimate of drug-likeness (QED) is 0.474. The highest BCUT2D eigenvalue weighted by Gasteiger charge is 2.33. The van der Waals surface area contributed by atoms with E-state index < -0.39 is 0 Å². The number of carbonyl (C=O) groups is 1. The molecule has 1 aliphatic rings. The molecule has 1 unspecified atom stereocenters. The molecule has 3 aromatic carbocycles. The highest BCUT2D eigenvalue weighted by atomic mass is 19.1. The first-order valence-electron chi connectivity index (χ1n) is 11.0. The van der Waals surface area contributed by atoms with Crippen LogP contribution >= 0.6 is 0 Å². The fourth-order valence-corrected chi connectivity index (χ4v) is 3.80. The van der Waals surface area contributed by atoms with Gasteiger partial charge in [0.2, 0.25) is 0 Å². The lowest BCUT2D eigenvalue weighted by Gasteiger charge is -2.37. The van der Waals surface area contributed by atoms with E-state index >= 15 is 0 Å². The summed E-state index contributed by atoms with van der Waals surface area (Å²) in [4.78, 5) is 13.3. The minimum atomic E-state index is -0.365. The number of ketones is 1. The summed E-state index contributed by atoms with van der Waals surface area (Å²) in [5.74, 6) is 0.130. The van der Waals surface area contributed by atoms with E-state index in [4.69, 9.17) is 4.74 Å². The summed E-state index contributed by atoms with van der Waals surface area (Å²) < 4.78 is 19.6. The first kappa shape index (κ1) is 21.9. The highest BCUT2D eigenvalue weighted by Crippen LogP contribution is 2.42. The Labute approximate surface area is 188 Å². The Morgan fingerprint density at radius 3 is 2.47 bits per heavy atom. The average molecular weight is 433 g/mol. The number of carbonyl (C=O) groups excluding carboxylic acids is 1. The number of rotatable bonds is 6. The molecule has 1 atom stereocenters. The molecule has 0 bridgehead atoms. The zero-order chi connectivity index (χ0) is 22.7. The van der Waals surface area contributed by atoms with Gasteiger partial charge in [0, 0.05) is 17.7 Å². The molecule has 1 aliphatic heterocycles. The lowest BCUT2D eigenvalue weighted by atomic mass is 9.86. The molecule has 4 nitrogen and oxygen atoms in total. The van der Waals surface area contributed by atoms with Crippen LogP contribution in [-0.4, -0.2) is 25.0 Å². The van der Waals surface area contributed by atoms with Crippen molar-refractivity contribution in [3.05, 3.63) is 89.2 Å². The molecule has 32 heavy (non-hydrogen) atoms. The Morgan fingerprint density at radius 1 is 1.06 bits per heavy atom. The van der Waals surface area contributed by atoms with Crippen molar-refractivity contribution in [2.75, 3.05) is 23.8 Å². The number of halogens is 1. The molecule has 0 saturated carbocycles. The summed E-state index contributed by atoms with van der Waals surface area (Å²) in [6, 6.07) is 19.7. The number of hydrogen-bond acceptors (Lipinski definition) is 4. The number of hydrogen-bond donors (Lipinski definition) is 2. The molecular formula is C27H29FN2O2. The molecule has 5 heteroatoms. The number of ether oxygens (including phenoxy) is 1. The molecule has 2 N–H and O–H groups in total. The van der Waals surface area contributed by atoms with Crippen molar-refractivity contribution in [1.82, 2.24) is 0 Å². The Hall–Kier alpha value is -3.34. The van der Waals surface area contributed by atoms with Gasteiger partial charge in [-0.1, -0.05) is 51.1 Å². The molecule has 0 spiro atoms. The Balaban J connectivity index is 1.64. The molecule has 3 aromatic rings. The third-order valence-electron chi connectivity index (χ3n) is 5.84. The smallest absolute Gasteiger partial charge is 0.195 e. The monoisotopic (exact) mass is 432 g/mol. The van der Waals surface area contributed by atoms with Crippen molar-refractivity contribution >= 4 is 17.2 Å². The first-order chi connectivity index (χ1) is 15.3. The zero-order valence-electron chi connectivity index (χ0n) is 18.7. The van der Waals surface area contributed by atoms with Gasteiger partial charge in [-0.2, -0.15) is 0 Å². The van der Waals surface area contributed by atoms with E-state index in [0.29, 0.717) is 29.2 Å². The van der Waals surface area contributed by atoms with E-state index in [1.54, 1.807) is 0 Å². The third-order valence-corrected chi connectivity index (χ3v) is 5.84. The lowest BCUT2D eigenvalue weighted by molar-refractivity contribution is 0.103. The summed E-state index contributed by atoms with van der Waals surface area (Å²) in [6.07, 6.45) is 0.879. The van der Waals surface area contributed by atoms with E-state index in [1.165, 1.54) is 29.8 Å². The van der Waals surface area contributed by atoms with E-state index in [9.17, 15) is 9.18 Å². The van der Waals surface area contributed by atoms with Crippen LogP contribution < -0.4 is 15.4 Å². The van der Waals surface area contributed by atoms with Crippen LogP contribution in [0, 0.1) is 11.2 Å². The van der Waals surface area contributed by atoms with E-state index in [1.807, 2.05) is 30.3 Å². The van der Waals surface area contributed by atoms with Crippen LogP contribution in [0.2, 0.25) is 0 Å². The molecule has 0 amide bonds. The summed E-state index contributed by atoms with van der Waals surface area (Å²) in [5.41, 5.74) is 3.71. The maximum Gasteiger partial charge on any atom is 0.195 e. The highest BCUT2D eigenvalue weighted by molar-refractivity contribution is 6.13. The number of fused-ring (bicyclic) bond motifs is 1. The van der Waals surface area contributed by atoms with Crippen LogP contribution in [0.3, 0.4) is 0 Å². The standard InChI is InChI=1S/C27H29FN2O2/c1-27(2,3)23-17-32-26-22(29-16-15-18-7-5-4-6-8-18)14-13-21(24(26)30-23)25(31)19-9-11-20(28)12-10-19/h4-14,23,29-30H,15-17H2,1-3H3. The summed E-state index contributed by atoms with van der Waals surface area (Å²) in [7, 11) is 0. The lowest BCUT2D eigenvalue weighted by Crippen LogP contribution is -2.42. The van der Waals surface area contributed by atoms with Crippen molar-refractivity contribution in [2.24, 2.45) is 5.41 Å². The van der Waals surface area contributed by atoms with Crippen molar-refractivity contribution in [3.8, 4) is 5.75 Å². The summed E-state index contributed by atoms with van der Waals surface area (Å²) in [6.45, 7) is 7.68.